The van der Waals surface area contributed by atoms with E-state index in [1.807, 2.05) is 35.2 Å². The first-order valence-electron chi connectivity index (χ1n) is 9.00. The molecule has 0 radical (unpaired) electrons. The molecule has 0 spiro atoms. The van der Waals surface area contributed by atoms with Gasteiger partial charge in [0.1, 0.15) is 0 Å². The van der Waals surface area contributed by atoms with E-state index in [2.05, 4.69) is 17.6 Å². The number of halogens is 1. The van der Waals surface area contributed by atoms with Crippen LogP contribution >= 0.6 is 12.4 Å². The fourth-order valence-electron chi connectivity index (χ4n) is 3.64. The maximum absolute atomic E-state index is 12.5. The number of hydrogen-bond donors (Lipinski definition) is 2. The molecule has 138 valence electrons. The van der Waals surface area contributed by atoms with Crippen molar-refractivity contribution in [1.82, 2.24) is 15.5 Å². The molecule has 0 aliphatic carbocycles. The number of nitrogens with one attached hydrogen (secondary N) is 2. The molecule has 1 aromatic rings. The van der Waals surface area contributed by atoms with Crippen LogP contribution in [0, 0.1) is 11.8 Å². The molecule has 0 saturated carbocycles. The van der Waals surface area contributed by atoms with E-state index in [1.165, 1.54) is 0 Å². The Morgan fingerprint density at radius 1 is 1.12 bits per heavy atom. The van der Waals surface area contributed by atoms with Gasteiger partial charge in [-0.25, -0.2) is 0 Å². The summed E-state index contributed by atoms with van der Waals surface area (Å²) in [6, 6.07) is 9.65. The highest BCUT2D eigenvalue weighted by Gasteiger charge is 2.30. The lowest BCUT2D eigenvalue weighted by Crippen LogP contribution is -2.51. The topological polar surface area (TPSA) is 61.4 Å². The molecule has 2 unspecified atom stereocenters. The Hall–Kier alpha value is -1.59. The Bertz CT molecular complexity index is 573. The quantitative estimate of drug-likeness (QED) is 0.862. The lowest BCUT2D eigenvalue weighted by Gasteiger charge is -2.34. The molecular formula is C19H28ClN3O2. The number of hydrogen-bond acceptors (Lipinski definition) is 3. The molecule has 2 aliphatic heterocycles. The van der Waals surface area contributed by atoms with Gasteiger partial charge < -0.3 is 15.5 Å². The number of nitrogens with zero attached hydrogens (tertiary/aromatic N) is 1. The Labute approximate surface area is 155 Å². The van der Waals surface area contributed by atoms with Crippen molar-refractivity contribution in [3.63, 3.8) is 0 Å². The van der Waals surface area contributed by atoms with E-state index in [1.54, 1.807) is 0 Å². The van der Waals surface area contributed by atoms with Gasteiger partial charge in [0.15, 0.2) is 0 Å². The van der Waals surface area contributed by atoms with Gasteiger partial charge in [0.2, 0.25) is 5.91 Å². The fraction of sp³-hybridized carbons (Fsp3) is 0.579. The number of likely N-dealkylation sites (tertiary alicyclic amines) is 1. The molecule has 2 N–H and O–H groups in total. The molecule has 2 fully saturated rings. The van der Waals surface area contributed by atoms with Crippen molar-refractivity contribution >= 4 is 24.2 Å². The summed E-state index contributed by atoms with van der Waals surface area (Å²) in [5, 5.41) is 6.59. The minimum Gasteiger partial charge on any atom is -0.353 e. The van der Waals surface area contributed by atoms with Gasteiger partial charge in [0, 0.05) is 30.6 Å². The highest BCUT2D eigenvalue weighted by atomic mass is 35.5. The zero-order chi connectivity index (χ0) is 16.9. The number of carbonyl (C=O) groups excluding carboxylic acids is 2. The standard InChI is InChI=1S/C19H27N3O2.ClH/c1-14-13-20-10-7-17(14)21-18(23)15-8-11-22(12-9-15)19(24)16-5-3-2-4-6-16;/h2-6,14-15,17,20H,7-13H2,1H3,(H,21,23);1H. The molecule has 3 rings (SSSR count). The van der Waals surface area contributed by atoms with Gasteiger partial charge in [-0.2, -0.15) is 0 Å². The van der Waals surface area contributed by atoms with Gasteiger partial charge in [0.25, 0.3) is 5.91 Å². The van der Waals surface area contributed by atoms with Crippen LogP contribution in [0.25, 0.3) is 0 Å². The third-order valence-electron chi connectivity index (χ3n) is 5.29. The third-order valence-corrected chi connectivity index (χ3v) is 5.29. The van der Waals surface area contributed by atoms with Crippen LogP contribution in [0.3, 0.4) is 0 Å². The molecule has 2 heterocycles. The number of amides is 2. The zero-order valence-electron chi connectivity index (χ0n) is 14.7. The second-order valence-electron chi connectivity index (χ2n) is 7.02. The SMILES string of the molecule is CC1CNCCC1NC(=O)C1CCN(C(=O)c2ccccc2)CC1.Cl. The van der Waals surface area contributed by atoms with Gasteiger partial charge in [0.05, 0.1) is 0 Å². The molecule has 0 aromatic heterocycles. The van der Waals surface area contributed by atoms with E-state index in [4.69, 9.17) is 0 Å². The smallest absolute Gasteiger partial charge is 0.253 e. The molecule has 5 nitrogen and oxygen atoms in total. The van der Waals surface area contributed by atoms with Crippen LogP contribution in [-0.2, 0) is 4.79 Å². The predicted octanol–water partition coefficient (Wildman–Crippen LogP) is 2.07. The molecule has 0 bridgehead atoms. The van der Waals surface area contributed by atoms with Crippen molar-refractivity contribution in [1.29, 1.82) is 0 Å². The van der Waals surface area contributed by atoms with E-state index in [0.29, 0.717) is 19.0 Å². The summed E-state index contributed by atoms with van der Waals surface area (Å²) in [5.41, 5.74) is 0.726. The summed E-state index contributed by atoms with van der Waals surface area (Å²) in [6.45, 7) is 5.44. The third kappa shape index (κ3) is 4.95. The highest BCUT2D eigenvalue weighted by molar-refractivity contribution is 5.94. The number of rotatable bonds is 3. The van der Waals surface area contributed by atoms with Gasteiger partial charge in [-0.15, -0.1) is 12.4 Å². The molecule has 2 aliphatic rings. The fourth-order valence-corrected chi connectivity index (χ4v) is 3.64. The van der Waals surface area contributed by atoms with Crippen LogP contribution in [0.5, 0.6) is 0 Å². The maximum Gasteiger partial charge on any atom is 0.253 e. The largest absolute Gasteiger partial charge is 0.353 e. The predicted molar refractivity (Wildman–Crippen MR) is 101 cm³/mol. The van der Waals surface area contributed by atoms with Crippen molar-refractivity contribution in [3.8, 4) is 0 Å². The first-order valence-corrected chi connectivity index (χ1v) is 9.00. The van der Waals surface area contributed by atoms with Crippen molar-refractivity contribution < 1.29 is 9.59 Å². The summed E-state index contributed by atoms with van der Waals surface area (Å²) >= 11 is 0. The van der Waals surface area contributed by atoms with Crippen LogP contribution in [0.15, 0.2) is 30.3 Å². The summed E-state index contributed by atoms with van der Waals surface area (Å²) in [5.74, 6) is 0.747. The van der Waals surface area contributed by atoms with Crippen LogP contribution in [-0.4, -0.2) is 48.9 Å². The minimum atomic E-state index is 0. The summed E-state index contributed by atoms with van der Waals surface area (Å²) in [4.78, 5) is 26.8. The average molecular weight is 366 g/mol. The van der Waals surface area contributed by atoms with Crippen molar-refractivity contribution in [2.75, 3.05) is 26.2 Å². The average Bonchev–Trinajstić information content (AvgIpc) is 2.64. The van der Waals surface area contributed by atoms with E-state index < -0.39 is 0 Å². The lowest BCUT2D eigenvalue weighted by molar-refractivity contribution is -0.127. The second kappa shape index (κ2) is 9.20. The van der Waals surface area contributed by atoms with E-state index in [-0.39, 0.29) is 36.2 Å². The van der Waals surface area contributed by atoms with E-state index >= 15 is 0 Å². The normalized spacial score (nSPS) is 24.3. The molecule has 2 atom stereocenters. The molecule has 25 heavy (non-hydrogen) atoms. The Balaban J connectivity index is 0.00000225. The maximum atomic E-state index is 12.5. The van der Waals surface area contributed by atoms with Crippen molar-refractivity contribution in [2.45, 2.75) is 32.2 Å². The van der Waals surface area contributed by atoms with Gasteiger partial charge >= 0.3 is 0 Å². The van der Waals surface area contributed by atoms with Gasteiger partial charge in [-0.1, -0.05) is 25.1 Å². The Morgan fingerprint density at radius 3 is 2.44 bits per heavy atom. The van der Waals surface area contributed by atoms with Crippen molar-refractivity contribution in [3.05, 3.63) is 35.9 Å². The lowest BCUT2D eigenvalue weighted by atomic mass is 9.91. The van der Waals surface area contributed by atoms with Crippen LogP contribution in [0.2, 0.25) is 0 Å². The molecule has 1 aromatic carbocycles. The number of benzene rings is 1. The zero-order valence-corrected chi connectivity index (χ0v) is 15.6. The number of carbonyl (C=O) groups is 2. The molecule has 2 amide bonds. The summed E-state index contributed by atoms with van der Waals surface area (Å²) < 4.78 is 0. The Kier molecular flexibility index (Phi) is 7.26. The van der Waals surface area contributed by atoms with E-state index in [9.17, 15) is 9.59 Å². The van der Waals surface area contributed by atoms with Crippen LogP contribution in [0.1, 0.15) is 36.5 Å². The molecule has 6 heteroatoms. The van der Waals surface area contributed by atoms with Crippen molar-refractivity contribution in [2.24, 2.45) is 11.8 Å². The van der Waals surface area contributed by atoms with Crippen LogP contribution < -0.4 is 10.6 Å². The monoisotopic (exact) mass is 365 g/mol. The highest BCUT2D eigenvalue weighted by Crippen LogP contribution is 2.20. The summed E-state index contributed by atoms with van der Waals surface area (Å²) in [7, 11) is 0. The summed E-state index contributed by atoms with van der Waals surface area (Å²) in [6.07, 6.45) is 2.51. The first-order chi connectivity index (χ1) is 11.6. The van der Waals surface area contributed by atoms with E-state index in [0.717, 1.165) is 37.9 Å². The number of piperidine rings is 2. The van der Waals surface area contributed by atoms with Gasteiger partial charge in [-0.05, 0) is 50.4 Å². The first kappa shape index (κ1) is 19.7. The molecular weight excluding hydrogens is 338 g/mol. The molecule has 2 saturated heterocycles. The minimum absolute atomic E-state index is 0. The second-order valence-corrected chi connectivity index (χ2v) is 7.02. The Morgan fingerprint density at radius 2 is 1.80 bits per heavy atom. The van der Waals surface area contributed by atoms with Crippen LogP contribution in [0.4, 0.5) is 0 Å². The van der Waals surface area contributed by atoms with Gasteiger partial charge in [-0.3, -0.25) is 9.59 Å².